The molecule has 0 radical (unpaired) electrons. The van der Waals surface area contributed by atoms with Crippen LogP contribution in [-0.2, 0) is 49.7 Å². The zero-order valence-electron chi connectivity index (χ0n) is 24.1. The summed E-state index contributed by atoms with van der Waals surface area (Å²) in [6, 6.07) is 0. The van der Waals surface area contributed by atoms with Crippen LogP contribution in [0.5, 0.6) is 0 Å². The number of aryl methyl sites for hydroxylation is 1. The normalized spacial score (nSPS) is 24.4. The molecule has 0 aliphatic carbocycles. The van der Waals surface area contributed by atoms with Crippen LogP contribution in [0.4, 0.5) is 11.9 Å². The van der Waals surface area contributed by atoms with Crippen molar-refractivity contribution in [3.05, 3.63) is 33.4 Å². The standard InChI is InChI=1S/C19H27N10O16P3/c1-27-6-28(14-10(27)16(34)26-19(21)24-14)2-7(30)3-41-46(35,36)44-48(39,40)45-47(37,38)42-4-8-11(31)12(32)17(43-8)29-5-22-9-13(29)23-18(20)25-15(9)33/h5-8,11-12,17,30-32H,2-4H2,1H3,(H8-,20,21,23,24,25,26,33,34,35,36,37,38,39,40). The second kappa shape index (κ2) is 13.1. The number of H-pyrrole nitrogens is 2. The maximum absolute atomic E-state index is 12.3. The van der Waals surface area contributed by atoms with Crippen molar-refractivity contribution in [3.8, 4) is 0 Å². The summed E-state index contributed by atoms with van der Waals surface area (Å²) in [6.45, 7) is -2.55. The van der Waals surface area contributed by atoms with Crippen molar-refractivity contribution in [1.29, 1.82) is 0 Å². The van der Waals surface area contributed by atoms with E-state index in [-0.39, 0.29) is 34.2 Å². The zero-order chi connectivity index (χ0) is 35.3. The highest BCUT2D eigenvalue weighted by molar-refractivity contribution is 7.66. The molecule has 5 heterocycles. The molecule has 26 nitrogen and oxygen atoms in total. The topological polar surface area (TPSA) is 392 Å². The van der Waals surface area contributed by atoms with E-state index in [4.69, 9.17) is 16.2 Å². The van der Waals surface area contributed by atoms with Gasteiger partial charge in [0.05, 0.1) is 33.1 Å². The van der Waals surface area contributed by atoms with Crippen molar-refractivity contribution in [2.75, 3.05) is 24.7 Å². The molecule has 0 saturated carbocycles. The molecule has 1 aliphatic rings. The van der Waals surface area contributed by atoms with Gasteiger partial charge in [-0.15, -0.1) is 0 Å². The number of aliphatic hydroxyl groups excluding tert-OH is 3. The molecule has 0 bridgehead atoms. The Morgan fingerprint density at radius 1 is 1.06 bits per heavy atom. The smallest absolute Gasteiger partial charge is 0.487 e. The summed E-state index contributed by atoms with van der Waals surface area (Å²) in [7, 11) is -16.0. The van der Waals surface area contributed by atoms with E-state index < -0.39 is 85.0 Å². The van der Waals surface area contributed by atoms with Crippen molar-refractivity contribution in [2.24, 2.45) is 7.05 Å². The molecule has 5 rings (SSSR count). The predicted molar refractivity (Wildman–Crippen MR) is 152 cm³/mol. The first-order chi connectivity index (χ1) is 22.3. The number of rotatable bonds is 13. The van der Waals surface area contributed by atoms with Crippen LogP contribution in [0.25, 0.3) is 22.3 Å². The van der Waals surface area contributed by atoms with Gasteiger partial charge in [-0.1, -0.05) is 4.98 Å². The number of aromatic nitrogens is 8. The number of ether oxygens (including phenoxy) is 1. The van der Waals surface area contributed by atoms with E-state index in [1.165, 1.54) is 22.5 Å². The summed E-state index contributed by atoms with van der Waals surface area (Å²) in [5.74, 6) is -0.539. The van der Waals surface area contributed by atoms with Gasteiger partial charge < -0.3 is 50.7 Å². The molecule has 0 spiro atoms. The second-order valence-electron chi connectivity index (χ2n) is 10.1. The molecule has 4 aromatic rings. The van der Waals surface area contributed by atoms with Crippen LogP contribution in [-0.4, -0.2) is 96.8 Å². The number of fused-ring (bicyclic) bond motifs is 2. The van der Waals surface area contributed by atoms with Gasteiger partial charge in [0.1, 0.15) is 24.4 Å². The highest BCUT2D eigenvalue weighted by Crippen LogP contribution is 2.66. The Morgan fingerprint density at radius 3 is 2.44 bits per heavy atom. The minimum atomic E-state index is -5.99. The van der Waals surface area contributed by atoms with E-state index >= 15 is 0 Å². The van der Waals surface area contributed by atoms with Gasteiger partial charge in [-0.3, -0.25) is 37.8 Å². The minimum Gasteiger partial charge on any atom is -0.756 e. The third-order valence-corrected chi connectivity index (χ3v) is 10.8. The van der Waals surface area contributed by atoms with Gasteiger partial charge in [0.15, 0.2) is 23.7 Å². The maximum Gasteiger partial charge on any atom is 0.487 e. The zero-order valence-corrected chi connectivity index (χ0v) is 26.8. The number of nitrogens with one attached hydrogen (secondary N) is 2. The molecule has 29 heteroatoms. The number of aromatic amines is 2. The van der Waals surface area contributed by atoms with Gasteiger partial charge in [-0.25, -0.2) is 23.0 Å². The fourth-order valence-corrected chi connectivity index (χ4v) is 8.12. The molecule has 8 atom stereocenters. The lowest BCUT2D eigenvalue weighted by Crippen LogP contribution is -2.41. The Balaban J connectivity index is 1.15. The van der Waals surface area contributed by atoms with Crippen LogP contribution in [0.3, 0.4) is 0 Å². The van der Waals surface area contributed by atoms with Crippen molar-refractivity contribution in [1.82, 2.24) is 34.1 Å². The van der Waals surface area contributed by atoms with Crippen molar-refractivity contribution >= 4 is 57.7 Å². The second-order valence-corrected chi connectivity index (χ2v) is 14.7. The first kappa shape index (κ1) is 35.8. The number of nitrogens with zero attached hydrogens (tertiary/aromatic N) is 6. The SMILES string of the molecule is Cn1c[n+](CC(O)COP(=O)(O)OP(=O)(O)OP(=O)([O-])OCC2OC(n3cnc4c(=O)[nH]c(N)nc43)C(O)C2O)c2nc(N)[nH]c(=O)c21. The molecule has 48 heavy (non-hydrogen) atoms. The fraction of sp³-hybridized carbons (Fsp3) is 0.474. The lowest BCUT2D eigenvalue weighted by molar-refractivity contribution is -0.681. The van der Waals surface area contributed by atoms with Crippen LogP contribution in [0, 0.1) is 0 Å². The fourth-order valence-electron chi connectivity index (χ4n) is 4.61. The molecule has 1 aliphatic heterocycles. The summed E-state index contributed by atoms with van der Waals surface area (Å²) < 4.78 is 62.6. The Morgan fingerprint density at radius 2 is 1.73 bits per heavy atom. The number of aliphatic hydroxyl groups is 3. The number of phosphoric acid groups is 3. The van der Waals surface area contributed by atoms with Crippen LogP contribution in [0.2, 0.25) is 0 Å². The Kier molecular flexibility index (Phi) is 9.79. The average molecular weight is 744 g/mol. The van der Waals surface area contributed by atoms with Crippen molar-refractivity contribution < 1.29 is 70.7 Å². The van der Waals surface area contributed by atoms with Crippen LogP contribution >= 0.6 is 23.5 Å². The molecule has 0 amide bonds. The monoisotopic (exact) mass is 744 g/mol. The summed E-state index contributed by atoms with van der Waals surface area (Å²) in [5, 5.41) is 31.1. The summed E-state index contributed by atoms with van der Waals surface area (Å²) in [6.07, 6.45) is -5.96. The lowest BCUT2D eigenvalue weighted by Gasteiger charge is -2.26. The summed E-state index contributed by atoms with van der Waals surface area (Å²) in [4.78, 5) is 72.2. The van der Waals surface area contributed by atoms with E-state index in [1.807, 2.05) is 0 Å². The first-order valence-corrected chi connectivity index (χ1v) is 17.6. The van der Waals surface area contributed by atoms with E-state index in [9.17, 15) is 53.3 Å². The van der Waals surface area contributed by atoms with E-state index in [0.717, 1.165) is 10.9 Å². The molecular formula is C19H27N10O16P3. The molecule has 1 fully saturated rings. The van der Waals surface area contributed by atoms with Crippen LogP contribution in [0.15, 0.2) is 22.2 Å². The largest absolute Gasteiger partial charge is 0.756 e. The molecule has 1 saturated heterocycles. The molecule has 11 N–H and O–H groups in total. The summed E-state index contributed by atoms with van der Waals surface area (Å²) in [5.41, 5.74) is 9.52. The molecular weight excluding hydrogens is 717 g/mol. The molecule has 264 valence electrons. The van der Waals surface area contributed by atoms with Gasteiger partial charge in [0, 0.05) is 0 Å². The van der Waals surface area contributed by atoms with Gasteiger partial charge in [0.25, 0.3) is 24.9 Å². The number of hydrogen-bond donors (Lipinski definition) is 9. The Labute approximate surface area is 264 Å². The van der Waals surface area contributed by atoms with E-state index in [2.05, 4.69) is 42.6 Å². The summed E-state index contributed by atoms with van der Waals surface area (Å²) >= 11 is 0. The lowest BCUT2D eigenvalue weighted by atomic mass is 10.1. The van der Waals surface area contributed by atoms with E-state index in [0.29, 0.717) is 0 Å². The van der Waals surface area contributed by atoms with Crippen molar-refractivity contribution in [3.63, 3.8) is 0 Å². The maximum atomic E-state index is 12.3. The first-order valence-electron chi connectivity index (χ1n) is 13.1. The third kappa shape index (κ3) is 7.72. The molecule has 8 unspecified atom stereocenters. The van der Waals surface area contributed by atoms with Gasteiger partial charge in [-0.05, 0) is 0 Å². The van der Waals surface area contributed by atoms with Gasteiger partial charge >= 0.3 is 21.3 Å². The third-order valence-electron chi connectivity index (χ3n) is 6.54. The number of anilines is 2. The quantitative estimate of drug-likeness (QED) is 0.0460. The van der Waals surface area contributed by atoms with Gasteiger partial charge in [0.2, 0.25) is 11.5 Å². The van der Waals surface area contributed by atoms with Gasteiger partial charge in [-0.2, -0.15) is 9.29 Å². The number of phosphoric ester groups is 2. The highest BCUT2D eigenvalue weighted by Gasteiger charge is 2.46. The van der Waals surface area contributed by atoms with Crippen LogP contribution < -0.4 is 32.0 Å². The predicted octanol–water partition coefficient (Wildman–Crippen LogP) is -4.44. The number of nitrogens with two attached hydrogens (primary N) is 2. The number of hydrogen-bond acceptors (Lipinski definition) is 19. The van der Waals surface area contributed by atoms with E-state index in [1.54, 1.807) is 0 Å². The van der Waals surface area contributed by atoms with Crippen molar-refractivity contribution in [2.45, 2.75) is 37.2 Å². The Hall–Kier alpha value is -3.45. The minimum absolute atomic E-state index is 0.0373. The Bertz CT molecular complexity index is 2120. The number of imidazole rings is 2. The average Bonchev–Trinajstić information content (AvgIpc) is 3.59. The highest BCUT2D eigenvalue weighted by atomic mass is 31.3. The number of nitrogen functional groups attached to an aromatic ring is 2. The molecule has 4 aromatic heterocycles. The molecule has 0 aromatic carbocycles. The van der Waals surface area contributed by atoms with Crippen LogP contribution in [0.1, 0.15) is 6.23 Å².